The van der Waals surface area contributed by atoms with E-state index < -0.39 is 6.09 Å². The van der Waals surface area contributed by atoms with E-state index in [1.807, 2.05) is 49.4 Å². The van der Waals surface area contributed by atoms with Crippen molar-refractivity contribution in [3.63, 3.8) is 0 Å². The molecule has 0 aromatic heterocycles. The fourth-order valence-corrected chi connectivity index (χ4v) is 2.95. The molecule has 7 heteroatoms. The van der Waals surface area contributed by atoms with Gasteiger partial charge in [0.1, 0.15) is 0 Å². The largest absolute Gasteiger partial charge is 0.453 e. The highest BCUT2D eigenvalue weighted by Crippen LogP contribution is 2.26. The SMILES string of the molecule is COC(=O)Nc1ccc(NC2CC(c3ccc(Cl)cc3)NN2)c(C)c1. The van der Waals surface area contributed by atoms with Crippen LogP contribution in [0.15, 0.2) is 42.5 Å². The summed E-state index contributed by atoms with van der Waals surface area (Å²) in [6, 6.07) is 13.8. The number of carbonyl (C=O) groups is 1. The number of nitrogens with one attached hydrogen (secondary N) is 4. The first-order valence-electron chi connectivity index (χ1n) is 8.04. The van der Waals surface area contributed by atoms with E-state index in [-0.39, 0.29) is 12.2 Å². The van der Waals surface area contributed by atoms with Crippen molar-refractivity contribution in [3.05, 3.63) is 58.6 Å². The summed E-state index contributed by atoms with van der Waals surface area (Å²) in [5.74, 6) is 0. The lowest BCUT2D eigenvalue weighted by Crippen LogP contribution is -2.36. The minimum absolute atomic E-state index is 0.0961. The van der Waals surface area contributed by atoms with Crippen LogP contribution in [-0.2, 0) is 4.74 Å². The van der Waals surface area contributed by atoms with Crippen molar-refractivity contribution in [3.8, 4) is 0 Å². The Bertz CT molecular complexity index is 751. The van der Waals surface area contributed by atoms with Crippen molar-refractivity contribution < 1.29 is 9.53 Å². The molecule has 2 atom stereocenters. The summed E-state index contributed by atoms with van der Waals surface area (Å²) in [5, 5.41) is 6.87. The molecule has 1 heterocycles. The molecule has 2 aromatic carbocycles. The fourth-order valence-electron chi connectivity index (χ4n) is 2.82. The number of rotatable bonds is 4. The average Bonchev–Trinajstić information content (AvgIpc) is 3.06. The molecule has 2 aromatic rings. The smallest absolute Gasteiger partial charge is 0.411 e. The second-order valence-corrected chi connectivity index (χ2v) is 6.41. The van der Waals surface area contributed by atoms with Gasteiger partial charge in [-0.3, -0.25) is 5.32 Å². The van der Waals surface area contributed by atoms with Crippen LogP contribution in [0.2, 0.25) is 5.02 Å². The second kappa shape index (κ2) is 7.74. The standard InChI is InChI=1S/C18H21ClN4O2/c1-11-9-14(20-18(24)25-2)7-8-15(11)21-17-10-16(22-23-17)12-3-5-13(19)6-4-12/h3-9,16-17,21-23H,10H2,1-2H3,(H,20,24). The van der Waals surface area contributed by atoms with Crippen LogP contribution in [0.4, 0.5) is 16.2 Å². The minimum atomic E-state index is -0.479. The van der Waals surface area contributed by atoms with E-state index in [1.165, 1.54) is 12.7 Å². The van der Waals surface area contributed by atoms with Gasteiger partial charge in [0.25, 0.3) is 0 Å². The maximum Gasteiger partial charge on any atom is 0.411 e. The predicted molar refractivity (Wildman–Crippen MR) is 99.7 cm³/mol. The molecule has 0 spiro atoms. The number of ether oxygens (including phenoxy) is 1. The summed E-state index contributed by atoms with van der Waals surface area (Å²) in [4.78, 5) is 11.3. The first-order valence-corrected chi connectivity index (χ1v) is 8.41. The lowest BCUT2D eigenvalue weighted by atomic mass is 10.0. The monoisotopic (exact) mass is 360 g/mol. The molecule has 6 nitrogen and oxygen atoms in total. The number of anilines is 2. The van der Waals surface area contributed by atoms with Crippen LogP contribution in [0.3, 0.4) is 0 Å². The van der Waals surface area contributed by atoms with Gasteiger partial charge in [-0.15, -0.1) is 0 Å². The van der Waals surface area contributed by atoms with Crippen molar-refractivity contribution in [1.82, 2.24) is 10.9 Å². The number of benzene rings is 2. The molecule has 1 aliphatic heterocycles. The maximum absolute atomic E-state index is 11.3. The second-order valence-electron chi connectivity index (χ2n) is 5.97. The van der Waals surface area contributed by atoms with Gasteiger partial charge in [-0.05, 0) is 48.4 Å². The van der Waals surface area contributed by atoms with E-state index in [0.29, 0.717) is 5.69 Å². The van der Waals surface area contributed by atoms with E-state index in [2.05, 4.69) is 26.2 Å². The zero-order valence-electron chi connectivity index (χ0n) is 14.1. The first kappa shape index (κ1) is 17.5. The predicted octanol–water partition coefficient (Wildman–Crippen LogP) is 3.80. The highest BCUT2D eigenvalue weighted by molar-refractivity contribution is 6.30. The molecule has 0 radical (unpaired) electrons. The summed E-state index contributed by atoms with van der Waals surface area (Å²) in [6.07, 6.45) is 0.509. The molecule has 4 N–H and O–H groups in total. The van der Waals surface area contributed by atoms with E-state index in [9.17, 15) is 4.79 Å². The Labute approximate surface area is 151 Å². The van der Waals surface area contributed by atoms with Crippen molar-refractivity contribution in [2.75, 3.05) is 17.7 Å². The number of hydrogen-bond donors (Lipinski definition) is 4. The van der Waals surface area contributed by atoms with Gasteiger partial charge >= 0.3 is 6.09 Å². The fraction of sp³-hybridized carbons (Fsp3) is 0.278. The number of hydrazine groups is 1. The lowest BCUT2D eigenvalue weighted by Gasteiger charge is -2.16. The van der Waals surface area contributed by atoms with Crippen molar-refractivity contribution in [2.45, 2.75) is 25.6 Å². The highest BCUT2D eigenvalue weighted by atomic mass is 35.5. The minimum Gasteiger partial charge on any atom is -0.453 e. The molecule has 132 valence electrons. The van der Waals surface area contributed by atoms with Gasteiger partial charge in [-0.25, -0.2) is 15.6 Å². The van der Waals surface area contributed by atoms with Gasteiger partial charge in [-0.1, -0.05) is 23.7 Å². The zero-order valence-corrected chi connectivity index (χ0v) is 14.9. The quantitative estimate of drug-likeness (QED) is 0.667. The number of halogens is 1. The number of amides is 1. The molecular weight excluding hydrogens is 340 g/mol. The summed E-state index contributed by atoms with van der Waals surface area (Å²) in [5.41, 5.74) is 10.5. The van der Waals surface area contributed by atoms with Crippen LogP contribution in [0.1, 0.15) is 23.6 Å². The van der Waals surface area contributed by atoms with Crippen molar-refractivity contribution in [1.29, 1.82) is 0 Å². The molecule has 25 heavy (non-hydrogen) atoms. The normalized spacial score (nSPS) is 19.5. The van der Waals surface area contributed by atoms with E-state index in [0.717, 1.165) is 22.7 Å². The Balaban J connectivity index is 1.61. The van der Waals surface area contributed by atoms with E-state index in [4.69, 9.17) is 11.6 Å². The van der Waals surface area contributed by atoms with Crippen molar-refractivity contribution in [2.24, 2.45) is 0 Å². The number of methoxy groups -OCH3 is 1. The van der Waals surface area contributed by atoms with E-state index >= 15 is 0 Å². The third-order valence-electron chi connectivity index (χ3n) is 4.16. The summed E-state index contributed by atoms with van der Waals surface area (Å²) in [6.45, 7) is 1.99. The maximum atomic E-state index is 11.3. The number of carbonyl (C=O) groups excluding carboxylic acids is 1. The Morgan fingerprint density at radius 3 is 2.64 bits per heavy atom. The Morgan fingerprint density at radius 1 is 1.20 bits per heavy atom. The molecule has 0 bridgehead atoms. The average molecular weight is 361 g/mol. The molecule has 2 unspecified atom stereocenters. The summed E-state index contributed by atoms with van der Waals surface area (Å²) in [7, 11) is 1.34. The molecule has 3 rings (SSSR count). The molecule has 1 amide bonds. The topological polar surface area (TPSA) is 74.4 Å². The van der Waals surface area contributed by atoms with Crippen molar-refractivity contribution >= 4 is 29.1 Å². The third-order valence-corrected chi connectivity index (χ3v) is 4.42. The van der Waals surface area contributed by atoms with Crippen LogP contribution in [0.5, 0.6) is 0 Å². The Hall–Kier alpha value is -2.28. The van der Waals surface area contributed by atoms with Gasteiger partial charge in [0.2, 0.25) is 0 Å². The van der Waals surface area contributed by atoms with Gasteiger partial charge in [0, 0.05) is 28.9 Å². The molecular formula is C18H21ClN4O2. The van der Waals surface area contributed by atoms with E-state index in [1.54, 1.807) is 0 Å². The van der Waals surface area contributed by atoms with Gasteiger partial charge < -0.3 is 10.1 Å². The zero-order chi connectivity index (χ0) is 17.8. The summed E-state index contributed by atoms with van der Waals surface area (Å²) >= 11 is 5.94. The lowest BCUT2D eigenvalue weighted by molar-refractivity contribution is 0.187. The Kier molecular flexibility index (Phi) is 5.43. The summed E-state index contributed by atoms with van der Waals surface area (Å²) < 4.78 is 4.60. The highest BCUT2D eigenvalue weighted by Gasteiger charge is 2.25. The third kappa shape index (κ3) is 4.42. The van der Waals surface area contributed by atoms with Crippen LogP contribution in [0, 0.1) is 6.92 Å². The van der Waals surface area contributed by atoms with Crippen LogP contribution < -0.4 is 21.5 Å². The van der Waals surface area contributed by atoms with Crippen LogP contribution in [-0.4, -0.2) is 19.4 Å². The number of aryl methyl sites for hydroxylation is 1. The molecule has 1 aliphatic rings. The van der Waals surface area contributed by atoms with Gasteiger partial charge in [-0.2, -0.15) is 0 Å². The Morgan fingerprint density at radius 2 is 1.96 bits per heavy atom. The van der Waals surface area contributed by atoms with Gasteiger partial charge in [0.15, 0.2) is 0 Å². The molecule has 0 aliphatic carbocycles. The number of hydrogen-bond acceptors (Lipinski definition) is 5. The molecule has 1 fully saturated rings. The van der Waals surface area contributed by atoms with Crippen LogP contribution in [0.25, 0.3) is 0 Å². The van der Waals surface area contributed by atoms with Crippen LogP contribution >= 0.6 is 11.6 Å². The first-order chi connectivity index (χ1) is 12.0. The molecule has 0 saturated carbocycles. The molecule has 1 saturated heterocycles. The van der Waals surface area contributed by atoms with Gasteiger partial charge in [0.05, 0.1) is 13.3 Å².